The van der Waals surface area contributed by atoms with E-state index < -0.39 is 0 Å². The quantitative estimate of drug-likeness (QED) is 0.889. The Morgan fingerprint density at radius 3 is 2.80 bits per heavy atom. The van der Waals surface area contributed by atoms with Crippen LogP contribution in [0.15, 0.2) is 22.7 Å². The molecule has 0 bridgehead atoms. The van der Waals surface area contributed by atoms with Crippen LogP contribution in [-0.2, 0) is 0 Å². The highest BCUT2D eigenvalue weighted by molar-refractivity contribution is 9.10. The van der Waals surface area contributed by atoms with Gasteiger partial charge in [0.1, 0.15) is 0 Å². The lowest BCUT2D eigenvalue weighted by molar-refractivity contribution is 0.0643. The van der Waals surface area contributed by atoms with Gasteiger partial charge >= 0.3 is 0 Å². The number of piperidine rings is 1. The molecule has 1 aliphatic rings. The summed E-state index contributed by atoms with van der Waals surface area (Å²) < 4.78 is 0.770. The normalized spacial score (nSPS) is 16.1. The van der Waals surface area contributed by atoms with Crippen molar-refractivity contribution in [1.29, 1.82) is 0 Å². The van der Waals surface area contributed by atoms with E-state index in [1.807, 2.05) is 17.0 Å². The molecular formula is C15H20BrClN2O. The minimum absolute atomic E-state index is 0.0463. The minimum atomic E-state index is 0.0463. The third-order valence-electron chi connectivity index (χ3n) is 3.66. The summed E-state index contributed by atoms with van der Waals surface area (Å²) in [5.74, 6) is 0.0463. The Bertz CT molecular complexity index is 475. The van der Waals surface area contributed by atoms with Gasteiger partial charge in [0.25, 0.3) is 5.91 Å². The Balaban J connectivity index is 2.23. The van der Waals surface area contributed by atoms with Gasteiger partial charge in [0, 0.05) is 17.1 Å². The molecule has 0 aliphatic carbocycles. The Morgan fingerprint density at radius 2 is 2.15 bits per heavy atom. The number of hydrogen-bond donors (Lipinski definition) is 1. The van der Waals surface area contributed by atoms with Crippen LogP contribution < -0.4 is 5.32 Å². The number of amides is 1. The first-order chi connectivity index (χ1) is 9.65. The second kappa shape index (κ2) is 7.43. The molecule has 1 fully saturated rings. The van der Waals surface area contributed by atoms with Gasteiger partial charge in [0.15, 0.2) is 0 Å². The van der Waals surface area contributed by atoms with Crippen LogP contribution in [0.25, 0.3) is 0 Å². The molecule has 0 saturated carbocycles. The maximum absolute atomic E-state index is 12.8. The van der Waals surface area contributed by atoms with E-state index in [4.69, 9.17) is 11.6 Å². The Hall–Kier alpha value is -0.580. The molecule has 1 aliphatic heterocycles. The fourth-order valence-corrected chi connectivity index (χ4v) is 3.21. The second-order valence-electron chi connectivity index (χ2n) is 5.08. The third-order valence-corrected chi connectivity index (χ3v) is 4.95. The van der Waals surface area contributed by atoms with Gasteiger partial charge < -0.3 is 10.2 Å². The van der Waals surface area contributed by atoms with Gasteiger partial charge in [-0.15, -0.1) is 0 Å². The molecule has 110 valence electrons. The van der Waals surface area contributed by atoms with E-state index in [-0.39, 0.29) is 5.91 Å². The largest absolute Gasteiger partial charge is 0.336 e. The highest BCUT2D eigenvalue weighted by Gasteiger charge is 2.27. The van der Waals surface area contributed by atoms with Crippen LogP contribution in [0.5, 0.6) is 0 Å². The monoisotopic (exact) mass is 358 g/mol. The fourth-order valence-electron chi connectivity index (χ4n) is 2.63. The van der Waals surface area contributed by atoms with Gasteiger partial charge in [0.2, 0.25) is 0 Å². The molecule has 0 radical (unpaired) electrons. The van der Waals surface area contributed by atoms with E-state index in [2.05, 4.69) is 28.2 Å². The molecule has 1 aromatic carbocycles. The van der Waals surface area contributed by atoms with Crippen molar-refractivity contribution in [3.8, 4) is 0 Å². The van der Waals surface area contributed by atoms with Gasteiger partial charge in [-0.25, -0.2) is 0 Å². The highest BCUT2D eigenvalue weighted by Crippen LogP contribution is 2.28. The van der Waals surface area contributed by atoms with E-state index in [9.17, 15) is 4.79 Å². The number of benzene rings is 1. The molecule has 0 unspecified atom stereocenters. The van der Waals surface area contributed by atoms with Crippen LogP contribution in [-0.4, -0.2) is 36.5 Å². The lowest BCUT2D eigenvalue weighted by atomic mass is 10.0. The van der Waals surface area contributed by atoms with Crippen molar-refractivity contribution >= 4 is 33.4 Å². The summed E-state index contributed by atoms with van der Waals surface area (Å²) in [6, 6.07) is 5.83. The standard InChI is InChI=1S/C15H20BrClN2O/c1-2-10-19(11-6-8-18-9-7-11)15(20)12-4-3-5-13(16)14(12)17/h3-5,11,18H,2,6-10H2,1H3. The summed E-state index contributed by atoms with van der Waals surface area (Å²) in [6.07, 6.45) is 2.98. The Kier molecular flexibility index (Phi) is 5.87. The van der Waals surface area contributed by atoms with Crippen molar-refractivity contribution in [2.45, 2.75) is 32.2 Å². The molecule has 3 nitrogen and oxygen atoms in total. The zero-order valence-corrected chi connectivity index (χ0v) is 14.0. The number of carbonyl (C=O) groups is 1. The number of carbonyl (C=O) groups excluding carboxylic acids is 1. The van der Waals surface area contributed by atoms with Crippen LogP contribution in [0.3, 0.4) is 0 Å². The maximum Gasteiger partial charge on any atom is 0.255 e. The SMILES string of the molecule is CCCN(C(=O)c1cccc(Br)c1Cl)C1CCNCC1. The molecule has 1 aromatic rings. The molecule has 1 saturated heterocycles. The van der Waals surface area contributed by atoms with Crippen LogP contribution in [0, 0.1) is 0 Å². The Labute approximate surface area is 133 Å². The van der Waals surface area contributed by atoms with Crippen LogP contribution in [0.2, 0.25) is 5.02 Å². The summed E-state index contributed by atoms with van der Waals surface area (Å²) in [7, 11) is 0. The number of hydrogen-bond acceptors (Lipinski definition) is 2. The van der Waals surface area contributed by atoms with Crippen molar-refractivity contribution in [1.82, 2.24) is 10.2 Å². The first kappa shape index (κ1) is 15.8. The average Bonchev–Trinajstić information content (AvgIpc) is 2.48. The molecule has 0 atom stereocenters. The summed E-state index contributed by atoms with van der Waals surface area (Å²) in [4.78, 5) is 14.8. The van der Waals surface area contributed by atoms with Crippen molar-refractivity contribution in [3.63, 3.8) is 0 Å². The average molecular weight is 360 g/mol. The smallest absolute Gasteiger partial charge is 0.255 e. The molecule has 1 heterocycles. The first-order valence-electron chi connectivity index (χ1n) is 7.10. The van der Waals surface area contributed by atoms with Gasteiger partial charge in [-0.3, -0.25) is 4.79 Å². The number of halogens is 2. The van der Waals surface area contributed by atoms with E-state index >= 15 is 0 Å². The Morgan fingerprint density at radius 1 is 1.45 bits per heavy atom. The fraction of sp³-hybridized carbons (Fsp3) is 0.533. The van der Waals surface area contributed by atoms with Gasteiger partial charge in [0.05, 0.1) is 10.6 Å². The molecule has 5 heteroatoms. The van der Waals surface area contributed by atoms with Crippen LogP contribution in [0.1, 0.15) is 36.5 Å². The molecule has 20 heavy (non-hydrogen) atoms. The van der Waals surface area contributed by atoms with E-state index in [1.165, 1.54) is 0 Å². The third kappa shape index (κ3) is 3.54. The summed E-state index contributed by atoms with van der Waals surface area (Å²) in [5, 5.41) is 3.85. The van der Waals surface area contributed by atoms with Crippen molar-refractivity contribution in [2.75, 3.05) is 19.6 Å². The summed E-state index contributed by atoms with van der Waals surface area (Å²) >= 11 is 9.65. The lowest BCUT2D eigenvalue weighted by Crippen LogP contribution is -2.46. The number of rotatable bonds is 4. The number of nitrogens with one attached hydrogen (secondary N) is 1. The predicted octanol–water partition coefficient (Wildman–Crippen LogP) is 3.71. The maximum atomic E-state index is 12.8. The molecule has 1 amide bonds. The van der Waals surface area contributed by atoms with Gasteiger partial charge in [-0.1, -0.05) is 24.6 Å². The van der Waals surface area contributed by atoms with Crippen molar-refractivity contribution < 1.29 is 4.79 Å². The lowest BCUT2D eigenvalue weighted by Gasteiger charge is -2.35. The van der Waals surface area contributed by atoms with Gasteiger partial charge in [-0.2, -0.15) is 0 Å². The molecule has 2 rings (SSSR count). The molecule has 0 spiro atoms. The molecule has 1 N–H and O–H groups in total. The highest BCUT2D eigenvalue weighted by atomic mass is 79.9. The van der Waals surface area contributed by atoms with Gasteiger partial charge in [-0.05, 0) is 60.4 Å². The van der Waals surface area contributed by atoms with E-state index in [0.717, 1.165) is 43.4 Å². The number of nitrogens with zero attached hydrogens (tertiary/aromatic N) is 1. The van der Waals surface area contributed by atoms with Crippen LogP contribution in [0.4, 0.5) is 0 Å². The predicted molar refractivity (Wildman–Crippen MR) is 86.4 cm³/mol. The van der Waals surface area contributed by atoms with E-state index in [1.54, 1.807) is 6.07 Å². The summed E-state index contributed by atoms with van der Waals surface area (Å²) in [6.45, 7) is 4.84. The topological polar surface area (TPSA) is 32.3 Å². The summed E-state index contributed by atoms with van der Waals surface area (Å²) in [5.41, 5.74) is 0.591. The minimum Gasteiger partial charge on any atom is -0.336 e. The van der Waals surface area contributed by atoms with Crippen molar-refractivity contribution in [3.05, 3.63) is 33.3 Å². The van der Waals surface area contributed by atoms with Crippen molar-refractivity contribution in [2.24, 2.45) is 0 Å². The van der Waals surface area contributed by atoms with Crippen LogP contribution >= 0.6 is 27.5 Å². The van der Waals surface area contributed by atoms with E-state index in [0.29, 0.717) is 16.6 Å². The molecule has 0 aromatic heterocycles. The zero-order chi connectivity index (χ0) is 14.5. The molecular weight excluding hydrogens is 340 g/mol. The second-order valence-corrected chi connectivity index (χ2v) is 6.31. The first-order valence-corrected chi connectivity index (χ1v) is 8.28. The zero-order valence-electron chi connectivity index (χ0n) is 11.7.